The second kappa shape index (κ2) is 5.70. The van der Waals surface area contributed by atoms with Gasteiger partial charge in [-0.3, -0.25) is 4.79 Å². The number of benzene rings is 1. The van der Waals surface area contributed by atoms with E-state index < -0.39 is 5.82 Å². The summed E-state index contributed by atoms with van der Waals surface area (Å²) in [6, 6.07) is 4.45. The summed E-state index contributed by atoms with van der Waals surface area (Å²) < 4.78 is 13.1. The van der Waals surface area contributed by atoms with Crippen molar-refractivity contribution in [3.8, 4) is 0 Å². The Morgan fingerprint density at radius 3 is 3.10 bits per heavy atom. The molecule has 3 nitrogen and oxygen atoms in total. The third-order valence-corrected chi connectivity index (χ3v) is 4.77. The predicted octanol–water partition coefficient (Wildman–Crippen LogP) is 2.48. The number of rotatable bonds is 3. The summed E-state index contributed by atoms with van der Waals surface area (Å²) in [7, 11) is 0. The topological polar surface area (TPSA) is 41.1 Å². The number of carbonyl (C=O) groups is 1. The first kappa shape index (κ1) is 13.8. The first-order valence-electron chi connectivity index (χ1n) is 7.10. The van der Waals surface area contributed by atoms with E-state index in [1.807, 2.05) is 0 Å². The molecule has 0 spiro atoms. The van der Waals surface area contributed by atoms with E-state index in [0.717, 1.165) is 18.5 Å². The van der Waals surface area contributed by atoms with Crippen molar-refractivity contribution in [2.45, 2.75) is 31.8 Å². The maximum atomic E-state index is 13.1. The van der Waals surface area contributed by atoms with Crippen LogP contribution < -0.4 is 10.6 Å². The molecule has 108 valence electrons. The van der Waals surface area contributed by atoms with Gasteiger partial charge in [-0.2, -0.15) is 0 Å². The van der Waals surface area contributed by atoms with Gasteiger partial charge in [0.15, 0.2) is 0 Å². The number of fused-ring (bicyclic) bond motifs is 1. The van der Waals surface area contributed by atoms with Crippen LogP contribution >= 0.6 is 11.6 Å². The quantitative estimate of drug-likeness (QED) is 0.900. The highest BCUT2D eigenvalue weighted by atomic mass is 35.5. The summed E-state index contributed by atoms with van der Waals surface area (Å²) in [5.74, 6) is 0.741. The molecule has 1 aliphatic carbocycles. The molecule has 3 unspecified atom stereocenters. The molecule has 0 aromatic heterocycles. The molecule has 2 N–H and O–H groups in total. The van der Waals surface area contributed by atoms with E-state index in [4.69, 9.17) is 11.6 Å². The number of amides is 1. The van der Waals surface area contributed by atoms with E-state index in [1.165, 1.54) is 18.9 Å². The lowest BCUT2D eigenvalue weighted by Crippen LogP contribution is -2.43. The highest BCUT2D eigenvalue weighted by molar-refractivity contribution is 6.30. The molecule has 3 atom stereocenters. The zero-order valence-electron chi connectivity index (χ0n) is 11.2. The molecule has 1 heterocycles. The molecular formula is C15H18ClFN2O. The SMILES string of the molecule is O=C(NCc1ccc(F)c(Cl)c1)C1NCC2CCCC21. The van der Waals surface area contributed by atoms with Crippen LogP contribution in [-0.2, 0) is 11.3 Å². The molecule has 1 saturated carbocycles. The predicted molar refractivity (Wildman–Crippen MR) is 75.9 cm³/mol. The average molecular weight is 297 g/mol. The third kappa shape index (κ3) is 2.67. The molecule has 1 aromatic carbocycles. The molecular weight excluding hydrogens is 279 g/mol. The lowest BCUT2D eigenvalue weighted by atomic mass is 9.93. The monoisotopic (exact) mass is 296 g/mol. The van der Waals surface area contributed by atoms with Gasteiger partial charge in [0.2, 0.25) is 5.91 Å². The summed E-state index contributed by atoms with van der Waals surface area (Å²) in [4.78, 5) is 12.2. The van der Waals surface area contributed by atoms with Crippen molar-refractivity contribution in [1.82, 2.24) is 10.6 Å². The van der Waals surface area contributed by atoms with Gasteiger partial charge in [-0.1, -0.05) is 24.1 Å². The third-order valence-electron chi connectivity index (χ3n) is 4.48. The van der Waals surface area contributed by atoms with Gasteiger partial charge in [0.25, 0.3) is 0 Å². The molecule has 1 aromatic rings. The Bertz CT molecular complexity index is 523. The lowest BCUT2D eigenvalue weighted by Gasteiger charge is -2.17. The van der Waals surface area contributed by atoms with Crippen LogP contribution in [-0.4, -0.2) is 18.5 Å². The minimum Gasteiger partial charge on any atom is -0.351 e. The number of carbonyl (C=O) groups excluding carboxylic acids is 1. The normalized spacial score (nSPS) is 28.4. The maximum absolute atomic E-state index is 13.1. The van der Waals surface area contributed by atoms with Crippen molar-refractivity contribution in [2.24, 2.45) is 11.8 Å². The molecule has 2 aliphatic rings. The van der Waals surface area contributed by atoms with E-state index in [-0.39, 0.29) is 17.0 Å². The Hall–Kier alpha value is -1.13. The summed E-state index contributed by atoms with van der Waals surface area (Å²) in [5, 5.41) is 6.32. The van der Waals surface area contributed by atoms with Crippen LogP contribution in [0.3, 0.4) is 0 Å². The van der Waals surface area contributed by atoms with Crippen molar-refractivity contribution < 1.29 is 9.18 Å². The van der Waals surface area contributed by atoms with Crippen LogP contribution in [0.25, 0.3) is 0 Å². The second-order valence-corrected chi connectivity index (χ2v) is 6.11. The fraction of sp³-hybridized carbons (Fsp3) is 0.533. The Balaban J connectivity index is 1.58. The van der Waals surface area contributed by atoms with Crippen molar-refractivity contribution >= 4 is 17.5 Å². The minimum atomic E-state index is -0.437. The van der Waals surface area contributed by atoms with Gasteiger partial charge < -0.3 is 10.6 Å². The van der Waals surface area contributed by atoms with Crippen molar-refractivity contribution in [3.63, 3.8) is 0 Å². The van der Waals surface area contributed by atoms with Crippen LogP contribution in [0.15, 0.2) is 18.2 Å². The zero-order valence-corrected chi connectivity index (χ0v) is 11.9. The van der Waals surface area contributed by atoms with E-state index in [2.05, 4.69) is 10.6 Å². The van der Waals surface area contributed by atoms with Crippen molar-refractivity contribution in [2.75, 3.05) is 6.54 Å². The minimum absolute atomic E-state index is 0.0415. The Labute approximate surface area is 122 Å². The molecule has 1 amide bonds. The van der Waals surface area contributed by atoms with Gasteiger partial charge in [-0.15, -0.1) is 0 Å². The molecule has 2 fully saturated rings. The highest BCUT2D eigenvalue weighted by Crippen LogP contribution is 2.37. The van der Waals surface area contributed by atoms with Gasteiger partial charge >= 0.3 is 0 Å². The van der Waals surface area contributed by atoms with E-state index in [0.29, 0.717) is 18.4 Å². The zero-order chi connectivity index (χ0) is 14.1. The smallest absolute Gasteiger partial charge is 0.237 e. The second-order valence-electron chi connectivity index (χ2n) is 5.71. The fourth-order valence-electron chi connectivity index (χ4n) is 3.42. The first-order chi connectivity index (χ1) is 9.65. The molecule has 0 radical (unpaired) electrons. The summed E-state index contributed by atoms with van der Waals surface area (Å²) >= 11 is 5.73. The van der Waals surface area contributed by atoms with Gasteiger partial charge in [0.1, 0.15) is 5.82 Å². The van der Waals surface area contributed by atoms with Crippen molar-refractivity contribution in [1.29, 1.82) is 0 Å². The van der Waals surface area contributed by atoms with Crippen LogP contribution in [0.4, 0.5) is 4.39 Å². The number of nitrogens with one attached hydrogen (secondary N) is 2. The van der Waals surface area contributed by atoms with E-state index >= 15 is 0 Å². The van der Waals surface area contributed by atoms with Gasteiger partial charge in [-0.25, -0.2) is 4.39 Å². The maximum Gasteiger partial charge on any atom is 0.237 e. The molecule has 1 saturated heterocycles. The van der Waals surface area contributed by atoms with Gasteiger partial charge in [0.05, 0.1) is 11.1 Å². The largest absolute Gasteiger partial charge is 0.351 e. The van der Waals surface area contributed by atoms with Crippen LogP contribution in [0, 0.1) is 17.7 Å². The average Bonchev–Trinajstić information content (AvgIpc) is 3.02. The standard InChI is InChI=1S/C15H18ClFN2O/c16-12-6-9(4-5-13(12)17)7-19-15(20)14-11-3-1-2-10(11)8-18-14/h4-6,10-11,14,18H,1-3,7-8H2,(H,19,20). The lowest BCUT2D eigenvalue weighted by molar-refractivity contribution is -0.123. The summed E-state index contributed by atoms with van der Waals surface area (Å²) in [6.45, 7) is 1.33. The number of hydrogen-bond donors (Lipinski definition) is 2. The number of halogens is 2. The van der Waals surface area contributed by atoms with Crippen LogP contribution in [0.5, 0.6) is 0 Å². The fourth-order valence-corrected chi connectivity index (χ4v) is 3.63. The summed E-state index contributed by atoms with van der Waals surface area (Å²) in [5.41, 5.74) is 0.811. The van der Waals surface area contributed by atoms with Crippen LogP contribution in [0.1, 0.15) is 24.8 Å². The van der Waals surface area contributed by atoms with Crippen molar-refractivity contribution in [3.05, 3.63) is 34.6 Å². The molecule has 0 bridgehead atoms. The van der Waals surface area contributed by atoms with E-state index in [9.17, 15) is 9.18 Å². The van der Waals surface area contributed by atoms with E-state index in [1.54, 1.807) is 12.1 Å². The van der Waals surface area contributed by atoms with Crippen LogP contribution in [0.2, 0.25) is 5.02 Å². The summed E-state index contributed by atoms with van der Waals surface area (Å²) in [6.07, 6.45) is 3.60. The Morgan fingerprint density at radius 1 is 1.45 bits per heavy atom. The molecule has 1 aliphatic heterocycles. The van der Waals surface area contributed by atoms with Gasteiger partial charge in [0, 0.05) is 6.54 Å². The molecule has 3 rings (SSSR count). The Morgan fingerprint density at radius 2 is 2.30 bits per heavy atom. The van der Waals surface area contributed by atoms with Gasteiger partial charge in [-0.05, 0) is 48.9 Å². The molecule has 5 heteroatoms. The number of hydrogen-bond acceptors (Lipinski definition) is 2. The first-order valence-corrected chi connectivity index (χ1v) is 7.48. The molecule has 20 heavy (non-hydrogen) atoms. The highest BCUT2D eigenvalue weighted by Gasteiger charge is 2.42. The Kier molecular flexibility index (Phi) is 3.94.